The Kier molecular flexibility index (Phi) is 3.43. The Labute approximate surface area is 104 Å². The minimum absolute atomic E-state index is 0.239. The zero-order chi connectivity index (χ0) is 10.9. The van der Waals surface area contributed by atoms with Gasteiger partial charge in [-0.1, -0.05) is 34.1 Å². The Balaban J connectivity index is 2.21. The van der Waals surface area contributed by atoms with Crippen LogP contribution in [0.1, 0.15) is 25.5 Å². The van der Waals surface area contributed by atoms with Crippen molar-refractivity contribution in [3.63, 3.8) is 0 Å². The highest BCUT2D eigenvalue weighted by Crippen LogP contribution is 2.32. The smallest absolute Gasteiger partial charge is 0.0427 e. The summed E-state index contributed by atoms with van der Waals surface area (Å²) < 4.78 is 1.21. The van der Waals surface area contributed by atoms with Gasteiger partial charge in [0.1, 0.15) is 0 Å². The van der Waals surface area contributed by atoms with Gasteiger partial charge in [-0.05, 0) is 25.5 Å². The van der Waals surface area contributed by atoms with E-state index in [0.717, 1.165) is 5.75 Å². The molecule has 0 radical (unpaired) electrons. The fourth-order valence-electron chi connectivity index (χ4n) is 1.91. The lowest BCUT2D eigenvalue weighted by molar-refractivity contribution is 0.375. The van der Waals surface area contributed by atoms with E-state index < -0.39 is 0 Å². The Morgan fingerprint density at radius 3 is 2.80 bits per heavy atom. The first kappa shape index (κ1) is 11.5. The summed E-state index contributed by atoms with van der Waals surface area (Å²) in [6.45, 7) is 4.53. The van der Waals surface area contributed by atoms with Crippen molar-refractivity contribution in [3.8, 4) is 0 Å². The second-order valence-corrected chi connectivity index (χ2v) is 6.50. The molecule has 0 amide bonds. The molecular weight excluding hydrogens is 270 g/mol. The highest BCUT2D eigenvalue weighted by atomic mass is 79.9. The first-order valence-electron chi connectivity index (χ1n) is 5.18. The quantitative estimate of drug-likeness (QED) is 0.846. The van der Waals surface area contributed by atoms with Gasteiger partial charge < -0.3 is 5.32 Å². The van der Waals surface area contributed by atoms with Gasteiger partial charge in [-0.25, -0.2) is 0 Å². The van der Waals surface area contributed by atoms with Crippen molar-refractivity contribution >= 4 is 27.7 Å². The van der Waals surface area contributed by atoms with E-state index in [2.05, 4.69) is 59.4 Å². The SMILES string of the molecule is CC1(C)CSCC(c2ccccc2Br)N1. The lowest BCUT2D eigenvalue weighted by atomic mass is 10.0. The lowest BCUT2D eigenvalue weighted by Gasteiger charge is -2.37. The number of halogens is 1. The van der Waals surface area contributed by atoms with Crippen LogP contribution in [-0.4, -0.2) is 17.0 Å². The van der Waals surface area contributed by atoms with E-state index in [1.165, 1.54) is 15.8 Å². The molecule has 0 spiro atoms. The van der Waals surface area contributed by atoms with E-state index >= 15 is 0 Å². The van der Waals surface area contributed by atoms with Gasteiger partial charge in [-0.3, -0.25) is 0 Å². The third-order valence-electron chi connectivity index (χ3n) is 2.59. The van der Waals surface area contributed by atoms with Crippen molar-refractivity contribution in [1.82, 2.24) is 5.32 Å². The summed E-state index contributed by atoms with van der Waals surface area (Å²) in [5.74, 6) is 2.35. The molecule has 1 heterocycles. The van der Waals surface area contributed by atoms with Crippen LogP contribution in [0.2, 0.25) is 0 Å². The van der Waals surface area contributed by atoms with Gasteiger partial charge in [-0.15, -0.1) is 0 Å². The van der Waals surface area contributed by atoms with Crippen molar-refractivity contribution in [1.29, 1.82) is 0 Å². The van der Waals surface area contributed by atoms with Gasteiger partial charge in [0.15, 0.2) is 0 Å². The van der Waals surface area contributed by atoms with Gasteiger partial charge in [0, 0.05) is 27.6 Å². The number of nitrogens with one attached hydrogen (secondary N) is 1. The molecule has 1 atom stereocenters. The summed E-state index contributed by atoms with van der Waals surface area (Å²) in [5.41, 5.74) is 1.61. The second-order valence-electron chi connectivity index (χ2n) is 4.62. The monoisotopic (exact) mass is 285 g/mol. The van der Waals surface area contributed by atoms with E-state index in [1.807, 2.05) is 11.8 Å². The largest absolute Gasteiger partial charge is 0.303 e. The van der Waals surface area contributed by atoms with Crippen LogP contribution in [0.3, 0.4) is 0 Å². The van der Waals surface area contributed by atoms with E-state index in [9.17, 15) is 0 Å². The molecule has 1 aromatic rings. The molecule has 1 N–H and O–H groups in total. The van der Waals surface area contributed by atoms with Crippen LogP contribution in [0.5, 0.6) is 0 Å². The third kappa shape index (κ3) is 2.77. The average Bonchev–Trinajstić information content (AvgIpc) is 2.17. The van der Waals surface area contributed by atoms with Crippen LogP contribution in [0.25, 0.3) is 0 Å². The first-order valence-corrected chi connectivity index (χ1v) is 7.13. The molecule has 3 heteroatoms. The second kappa shape index (κ2) is 4.48. The molecule has 1 aliphatic heterocycles. The molecule has 82 valence electrons. The molecule has 1 fully saturated rings. The Bertz CT molecular complexity index is 351. The molecule has 15 heavy (non-hydrogen) atoms. The van der Waals surface area contributed by atoms with Crippen molar-refractivity contribution in [3.05, 3.63) is 34.3 Å². The molecule has 2 rings (SSSR count). The third-order valence-corrected chi connectivity index (χ3v) is 4.81. The number of hydrogen-bond donors (Lipinski definition) is 1. The van der Waals surface area contributed by atoms with Gasteiger partial charge in [0.2, 0.25) is 0 Å². The van der Waals surface area contributed by atoms with Crippen LogP contribution in [0.15, 0.2) is 28.7 Å². The maximum Gasteiger partial charge on any atom is 0.0427 e. The van der Waals surface area contributed by atoms with Gasteiger partial charge >= 0.3 is 0 Å². The molecule has 0 aromatic heterocycles. The zero-order valence-corrected chi connectivity index (χ0v) is 11.5. The maximum absolute atomic E-state index is 3.70. The number of benzene rings is 1. The fraction of sp³-hybridized carbons (Fsp3) is 0.500. The van der Waals surface area contributed by atoms with E-state index in [0.29, 0.717) is 6.04 Å². The minimum Gasteiger partial charge on any atom is -0.303 e. The predicted molar refractivity (Wildman–Crippen MR) is 71.4 cm³/mol. The highest BCUT2D eigenvalue weighted by molar-refractivity contribution is 9.10. The molecule has 1 aliphatic rings. The molecule has 1 nitrogen and oxygen atoms in total. The summed E-state index contributed by atoms with van der Waals surface area (Å²) in [6.07, 6.45) is 0. The molecular formula is C12H16BrNS. The summed E-state index contributed by atoms with van der Waals surface area (Å²) in [6, 6.07) is 8.95. The van der Waals surface area contributed by atoms with Gasteiger partial charge in [-0.2, -0.15) is 11.8 Å². The summed E-state index contributed by atoms with van der Waals surface area (Å²) in [4.78, 5) is 0. The molecule has 0 saturated carbocycles. The standard InChI is InChI=1S/C12H16BrNS/c1-12(2)8-15-7-11(14-12)9-5-3-4-6-10(9)13/h3-6,11,14H,7-8H2,1-2H3. The number of hydrogen-bond acceptors (Lipinski definition) is 2. The van der Waals surface area contributed by atoms with Gasteiger partial charge in [0.05, 0.1) is 0 Å². The molecule has 1 unspecified atom stereocenters. The summed E-state index contributed by atoms with van der Waals surface area (Å²) in [7, 11) is 0. The Morgan fingerprint density at radius 2 is 2.13 bits per heavy atom. The van der Waals surface area contributed by atoms with E-state index in [4.69, 9.17) is 0 Å². The number of rotatable bonds is 1. The molecule has 1 aromatic carbocycles. The number of thioether (sulfide) groups is 1. The zero-order valence-electron chi connectivity index (χ0n) is 9.09. The first-order chi connectivity index (χ1) is 7.08. The summed E-state index contributed by atoms with van der Waals surface area (Å²) in [5, 5.41) is 3.70. The Hall–Kier alpha value is 0.01000. The average molecular weight is 286 g/mol. The van der Waals surface area contributed by atoms with Crippen LogP contribution < -0.4 is 5.32 Å². The van der Waals surface area contributed by atoms with Crippen molar-refractivity contribution in [2.45, 2.75) is 25.4 Å². The maximum atomic E-state index is 3.70. The molecule has 0 aliphatic carbocycles. The van der Waals surface area contributed by atoms with Crippen molar-refractivity contribution < 1.29 is 0 Å². The van der Waals surface area contributed by atoms with Crippen LogP contribution in [0, 0.1) is 0 Å². The van der Waals surface area contributed by atoms with Crippen molar-refractivity contribution in [2.75, 3.05) is 11.5 Å². The summed E-state index contributed by atoms with van der Waals surface area (Å²) >= 11 is 5.65. The van der Waals surface area contributed by atoms with Gasteiger partial charge in [0.25, 0.3) is 0 Å². The molecule has 0 bridgehead atoms. The predicted octanol–water partition coefficient (Wildman–Crippen LogP) is 3.61. The fourth-order valence-corrected chi connectivity index (χ4v) is 3.68. The van der Waals surface area contributed by atoms with Crippen LogP contribution >= 0.6 is 27.7 Å². The lowest BCUT2D eigenvalue weighted by Crippen LogP contribution is -2.48. The highest BCUT2D eigenvalue weighted by Gasteiger charge is 2.28. The van der Waals surface area contributed by atoms with E-state index in [1.54, 1.807) is 0 Å². The van der Waals surface area contributed by atoms with Crippen molar-refractivity contribution in [2.24, 2.45) is 0 Å². The normalized spacial score (nSPS) is 25.1. The van der Waals surface area contributed by atoms with Crippen LogP contribution in [0.4, 0.5) is 0 Å². The van der Waals surface area contributed by atoms with E-state index in [-0.39, 0.29) is 5.54 Å². The topological polar surface area (TPSA) is 12.0 Å². The molecule has 1 saturated heterocycles. The van der Waals surface area contributed by atoms with Crippen LogP contribution in [-0.2, 0) is 0 Å². The minimum atomic E-state index is 0.239. The Morgan fingerprint density at radius 1 is 1.40 bits per heavy atom.